The van der Waals surface area contributed by atoms with Crippen LogP contribution in [0.3, 0.4) is 0 Å². The number of ether oxygens (including phenoxy) is 1. The highest BCUT2D eigenvalue weighted by atomic mass is 127. The third-order valence-electron chi connectivity index (χ3n) is 4.85. The standard InChI is InChI=1S/C20H23IN2O5S/c1-2-6-14(24)13-11-29-19-16(22-15(25)9-21)18(26)23(19)17(13)20(27)28-10-12-7-4-3-5-8-12/h3-5,7-8,11,14,16-17,19,24H,2,6,9-10H2,1H3,(H,22,25)/t14?,16?,17?,19-/m1/s1. The van der Waals surface area contributed by atoms with Gasteiger partial charge in [0.2, 0.25) is 11.8 Å². The van der Waals surface area contributed by atoms with Gasteiger partial charge in [0.15, 0.2) is 6.04 Å². The smallest absolute Gasteiger partial charge is 0.333 e. The Hall–Kier alpha value is -1.59. The highest BCUT2D eigenvalue weighted by Crippen LogP contribution is 2.41. The zero-order valence-electron chi connectivity index (χ0n) is 15.9. The third-order valence-corrected chi connectivity index (χ3v) is 6.73. The molecule has 0 spiro atoms. The van der Waals surface area contributed by atoms with Crippen molar-refractivity contribution in [2.75, 3.05) is 4.43 Å². The fourth-order valence-electron chi connectivity index (χ4n) is 3.38. The predicted molar refractivity (Wildman–Crippen MR) is 118 cm³/mol. The number of aliphatic hydroxyl groups is 1. The number of carbonyl (C=O) groups excluding carboxylic acids is 3. The van der Waals surface area contributed by atoms with Crippen LogP contribution >= 0.6 is 34.4 Å². The molecule has 1 fully saturated rings. The number of alkyl halides is 1. The second-order valence-electron chi connectivity index (χ2n) is 6.87. The lowest BCUT2D eigenvalue weighted by molar-refractivity contribution is -0.164. The van der Waals surface area contributed by atoms with E-state index in [9.17, 15) is 19.5 Å². The number of halogens is 1. The number of carbonyl (C=O) groups is 3. The Morgan fingerprint density at radius 2 is 2.07 bits per heavy atom. The van der Waals surface area contributed by atoms with E-state index < -0.39 is 24.2 Å². The summed E-state index contributed by atoms with van der Waals surface area (Å²) in [6.45, 7) is 2.03. The lowest BCUT2D eigenvalue weighted by Crippen LogP contribution is -2.74. The van der Waals surface area contributed by atoms with Gasteiger partial charge in [-0.15, -0.1) is 11.8 Å². The number of nitrogens with zero attached hydrogens (tertiary/aromatic N) is 1. The molecule has 0 aromatic heterocycles. The summed E-state index contributed by atoms with van der Waals surface area (Å²) >= 11 is 3.26. The molecule has 2 aliphatic heterocycles. The first-order valence-corrected chi connectivity index (χ1v) is 11.9. The van der Waals surface area contributed by atoms with Gasteiger partial charge in [-0.2, -0.15) is 0 Å². The van der Waals surface area contributed by atoms with E-state index in [1.54, 1.807) is 5.41 Å². The summed E-state index contributed by atoms with van der Waals surface area (Å²) < 4.78 is 5.73. The highest BCUT2D eigenvalue weighted by molar-refractivity contribution is 14.1. The van der Waals surface area contributed by atoms with E-state index in [0.717, 1.165) is 12.0 Å². The molecule has 0 saturated carbocycles. The number of rotatable bonds is 8. The molecular formula is C20H23IN2O5S. The Labute approximate surface area is 187 Å². The first-order chi connectivity index (χ1) is 14.0. The van der Waals surface area contributed by atoms with Crippen LogP contribution in [0.1, 0.15) is 25.3 Å². The summed E-state index contributed by atoms with van der Waals surface area (Å²) in [4.78, 5) is 38.8. The quantitative estimate of drug-likeness (QED) is 0.231. The summed E-state index contributed by atoms with van der Waals surface area (Å²) in [6.07, 6.45) is 0.385. The fraction of sp³-hybridized carbons (Fsp3) is 0.450. The molecule has 1 aromatic carbocycles. The van der Waals surface area contributed by atoms with E-state index in [4.69, 9.17) is 4.74 Å². The summed E-state index contributed by atoms with van der Waals surface area (Å²) in [7, 11) is 0. The number of nitrogens with one attached hydrogen (secondary N) is 1. The minimum Gasteiger partial charge on any atom is -0.459 e. The van der Waals surface area contributed by atoms with Crippen molar-refractivity contribution in [2.45, 2.75) is 49.9 Å². The Morgan fingerprint density at radius 1 is 1.34 bits per heavy atom. The van der Waals surface area contributed by atoms with Crippen LogP contribution in [-0.2, 0) is 25.7 Å². The maximum Gasteiger partial charge on any atom is 0.333 e. The molecule has 2 amide bonds. The number of amides is 2. The van der Waals surface area contributed by atoms with Gasteiger partial charge in [-0.05, 0) is 23.0 Å². The van der Waals surface area contributed by atoms with Crippen LogP contribution in [-0.4, -0.2) is 55.8 Å². The number of hydrogen-bond donors (Lipinski definition) is 2. The minimum absolute atomic E-state index is 0.0855. The monoisotopic (exact) mass is 530 g/mol. The largest absolute Gasteiger partial charge is 0.459 e. The van der Waals surface area contributed by atoms with Crippen LogP contribution in [0.2, 0.25) is 0 Å². The topological polar surface area (TPSA) is 95.9 Å². The zero-order valence-corrected chi connectivity index (χ0v) is 18.9. The molecule has 4 atom stereocenters. The fourth-order valence-corrected chi connectivity index (χ4v) is 4.88. The lowest BCUT2D eigenvalue weighted by atomic mass is 9.93. The van der Waals surface area contributed by atoms with E-state index in [2.05, 4.69) is 5.32 Å². The molecule has 2 N–H and O–H groups in total. The molecule has 29 heavy (non-hydrogen) atoms. The SMILES string of the molecule is CCCC(O)C1=CS[C@@H]2C(NC(=O)CI)C(=O)N2C1C(=O)OCc1ccccc1. The number of benzene rings is 1. The van der Waals surface area contributed by atoms with Gasteiger partial charge < -0.3 is 20.1 Å². The minimum atomic E-state index is -0.980. The summed E-state index contributed by atoms with van der Waals surface area (Å²) in [5, 5.41) is 14.6. The second-order valence-corrected chi connectivity index (χ2v) is 8.62. The molecule has 156 valence electrons. The molecule has 1 aromatic rings. The van der Waals surface area contributed by atoms with Gasteiger partial charge in [-0.1, -0.05) is 66.3 Å². The average molecular weight is 530 g/mol. The Balaban J connectivity index is 1.79. The van der Waals surface area contributed by atoms with Crippen molar-refractivity contribution in [3.63, 3.8) is 0 Å². The molecule has 0 bridgehead atoms. The van der Waals surface area contributed by atoms with Crippen molar-refractivity contribution >= 4 is 52.1 Å². The molecule has 2 heterocycles. The number of esters is 1. The van der Waals surface area contributed by atoms with Crippen molar-refractivity contribution in [1.29, 1.82) is 0 Å². The number of thioether (sulfide) groups is 1. The van der Waals surface area contributed by atoms with E-state index >= 15 is 0 Å². The van der Waals surface area contributed by atoms with Gasteiger partial charge in [-0.25, -0.2) is 4.79 Å². The average Bonchev–Trinajstić information content (AvgIpc) is 2.75. The van der Waals surface area contributed by atoms with E-state index in [0.29, 0.717) is 12.0 Å². The maximum absolute atomic E-state index is 12.9. The van der Waals surface area contributed by atoms with Crippen LogP contribution in [0.5, 0.6) is 0 Å². The molecule has 2 aliphatic rings. The van der Waals surface area contributed by atoms with Gasteiger partial charge in [-0.3, -0.25) is 9.59 Å². The molecule has 0 aliphatic carbocycles. The zero-order chi connectivity index (χ0) is 21.0. The Kier molecular flexibility index (Phi) is 7.58. The molecule has 3 unspecified atom stereocenters. The van der Waals surface area contributed by atoms with Gasteiger partial charge in [0.25, 0.3) is 0 Å². The first kappa shape index (κ1) is 22.1. The van der Waals surface area contributed by atoms with Crippen LogP contribution in [0.4, 0.5) is 0 Å². The normalized spacial score (nSPS) is 24.1. The molecule has 3 rings (SSSR count). The van der Waals surface area contributed by atoms with E-state index in [1.807, 2.05) is 59.8 Å². The van der Waals surface area contributed by atoms with Gasteiger partial charge in [0.05, 0.1) is 10.5 Å². The van der Waals surface area contributed by atoms with Crippen LogP contribution < -0.4 is 5.32 Å². The first-order valence-electron chi connectivity index (χ1n) is 9.39. The molecule has 7 nitrogen and oxygen atoms in total. The molecule has 1 saturated heterocycles. The number of aliphatic hydroxyl groups excluding tert-OH is 1. The van der Waals surface area contributed by atoms with Crippen LogP contribution in [0, 0.1) is 0 Å². The summed E-state index contributed by atoms with van der Waals surface area (Å²) in [5.74, 6) is -1.14. The third kappa shape index (κ3) is 4.77. The Bertz CT molecular complexity index is 803. The van der Waals surface area contributed by atoms with Crippen molar-refractivity contribution in [3.8, 4) is 0 Å². The van der Waals surface area contributed by atoms with Crippen molar-refractivity contribution in [2.24, 2.45) is 0 Å². The van der Waals surface area contributed by atoms with Crippen LogP contribution in [0.15, 0.2) is 41.3 Å². The second kappa shape index (κ2) is 9.94. The van der Waals surface area contributed by atoms with Crippen molar-refractivity contribution in [1.82, 2.24) is 10.2 Å². The van der Waals surface area contributed by atoms with Gasteiger partial charge >= 0.3 is 5.97 Å². The number of β-lactam (4-membered cyclic amide) rings is 1. The van der Waals surface area contributed by atoms with E-state index in [-0.39, 0.29) is 28.2 Å². The summed E-state index contributed by atoms with van der Waals surface area (Å²) in [6, 6.07) is 7.62. The van der Waals surface area contributed by atoms with Gasteiger partial charge in [0, 0.05) is 0 Å². The van der Waals surface area contributed by atoms with Crippen LogP contribution in [0.25, 0.3) is 0 Å². The number of hydrogen-bond acceptors (Lipinski definition) is 6. The number of fused-ring (bicyclic) bond motifs is 1. The summed E-state index contributed by atoms with van der Waals surface area (Å²) in [5.41, 5.74) is 1.31. The Morgan fingerprint density at radius 3 is 2.72 bits per heavy atom. The van der Waals surface area contributed by atoms with Gasteiger partial charge in [0.1, 0.15) is 18.0 Å². The molecule has 9 heteroatoms. The predicted octanol–water partition coefficient (Wildman–Crippen LogP) is 1.98. The maximum atomic E-state index is 12.9. The van der Waals surface area contributed by atoms with Crippen molar-refractivity contribution < 1.29 is 24.2 Å². The molecule has 0 radical (unpaired) electrons. The lowest BCUT2D eigenvalue weighted by Gasteiger charge is -2.52. The highest BCUT2D eigenvalue weighted by Gasteiger charge is 2.56. The van der Waals surface area contributed by atoms with Crippen molar-refractivity contribution in [3.05, 3.63) is 46.9 Å². The van der Waals surface area contributed by atoms with E-state index in [1.165, 1.54) is 16.7 Å². The molecular weight excluding hydrogens is 507 g/mol.